The largest absolute Gasteiger partial charge is 0.494 e. The van der Waals surface area contributed by atoms with Gasteiger partial charge < -0.3 is 14.6 Å². The number of nitrogens with one attached hydrogen (secondary N) is 1. The van der Waals surface area contributed by atoms with E-state index in [0.717, 1.165) is 28.1 Å². The zero-order valence-electron chi connectivity index (χ0n) is 17.2. The van der Waals surface area contributed by atoms with Gasteiger partial charge in [-0.2, -0.15) is 4.98 Å². The van der Waals surface area contributed by atoms with Crippen LogP contribution in [0.5, 0.6) is 5.75 Å². The van der Waals surface area contributed by atoms with Gasteiger partial charge in [0.05, 0.1) is 6.61 Å². The lowest BCUT2D eigenvalue weighted by Gasteiger charge is -2.06. The van der Waals surface area contributed by atoms with Crippen LogP contribution >= 0.6 is 0 Å². The van der Waals surface area contributed by atoms with Crippen LogP contribution in [-0.2, 0) is 11.2 Å². The number of amides is 1. The van der Waals surface area contributed by atoms with E-state index >= 15 is 0 Å². The lowest BCUT2D eigenvalue weighted by molar-refractivity contribution is -0.116. The second kappa shape index (κ2) is 9.71. The summed E-state index contributed by atoms with van der Waals surface area (Å²) < 4.78 is 10.7. The van der Waals surface area contributed by atoms with Gasteiger partial charge in [0, 0.05) is 24.1 Å². The zero-order chi connectivity index (χ0) is 21.5. The fourth-order valence-electron chi connectivity index (χ4n) is 3.16. The van der Waals surface area contributed by atoms with Gasteiger partial charge in [0.2, 0.25) is 17.6 Å². The number of benzene rings is 3. The summed E-state index contributed by atoms with van der Waals surface area (Å²) in [5.41, 5.74) is 3.87. The first-order valence-electron chi connectivity index (χ1n) is 10.2. The average Bonchev–Trinajstić information content (AvgIpc) is 3.29. The maximum absolute atomic E-state index is 12.2. The molecule has 156 valence electrons. The minimum atomic E-state index is -0.115. The number of aromatic nitrogens is 2. The highest BCUT2D eigenvalue weighted by Gasteiger charge is 2.11. The fraction of sp³-hybridized carbons (Fsp3) is 0.160. The van der Waals surface area contributed by atoms with Crippen LogP contribution in [0, 0.1) is 0 Å². The van der Waals surface area contributed by atoms with Gasteiger partial charge in [0.25, 0.3) is 0 Å². The minimum absolute atomic E-state index is 0.115. The Balaban J connectivity index is 1.32. The van der Waals surface area contributed by atoms with Crippen LogP contribution in [-0.4, -0.2) is 22.7 Å². The Hall–Kier alpha value is -3.93. The molecular weight excluding hydrogens is 390 g/mol. The highest BCUT2D eigenvalue weighted by atomic mass is 16.5. The molecule has 0 saturated carbocycles. The predicted octanol–water partition coefficient (Wildman–Crippen LogP) is 5.37. The van der Waals surface area contributed by atoms with Crippen molar-refractivity contribution in [1.29, 1.82) is 0 Å². The van der Waals surface area contributed by atoms with Gasteiger partial charge in [0.15, 0.2) is 0 Å². The Kier molecular flexibility index (Phi) is 6.38. The number of carbonyl (C=O) groups is 1. The van der Waals surface area contributed by atoms with E-state index in [0.29, 0.717) is 24.7 Å². The predicted molar refractivity (Wildman–Crippen MR) is 120 cm³/mol. The van der Waals surface area contributed by atoms with E-state index in [-0.39, 0.29) is 12.3 Å². The molecule has 1 N–H and O–H groups in total. The molecule has 1 heterocycles. The Labute approximate surface area is 180 Å². The lowest BCUT2D eigenvalue weighted by atomic mass is 10.0. The van der Waals surface area contributed by atoms with Crippen LogP contribution < -0.4 is 10.1 Å². The monoisotopic (exact) mass is 413 g/mol. The van der Waals surface area contributed by atoms with Gasteiger partial charge in [-0.15, -0.1) is 0 Å². The summed E-state index contributed by atoms with van der Waals surface area (Å²) in [4.78, 5) is 16.6. The molecular formula is C25H23N3O3. The summed E-state index contributed by atoms with van der Waals surface area (Å²) in [6.07, 6.45) is 0.625. The molecule has 31 heavy (non-hydrogen) atoms. The molecule has 0 aliphatic rings. The topological polar surface area (TPSA) is 77.2 Å². The van der Waals surface area contributed by atoms with E-state index < -0.39 is 0 Å². The van der Waals surface area contributed by atoms with Gasteiger partial charge in [-0.05, 0) is 42.3 Å². The summed E-state index contributed by atoms with van der Waals surface area (Å²) in [6.45, 7) is 2.54. The summed E-state index contributed by atoms with van der Waals surface area (Å²) in [5.74, 6) is 1.61. The lowest BCUT2D eigenvalue weighted by Crippen LogP contribution is -2.12. The van der Waals surface area contributed by atoms with E-state index in [1.807, 2.05) is 73.7 Å². The molecule has 6 heteroatoms. The molecule has 0 atom stereocenters. The Morgan fingerprint density at radius 1 is 0.903 bits per heavy atom. The molecule has 0 radical (unpaired) electrons. The first-order chi connectivity index (χ1) is 15.2. The van der Waals surface area contributed by atoms with Crippen molar-refractivity contribution < 1.29 is 14.1 Å². The normalized spacial score (nSPS) is 10.6. The number of hydrogen-bond acceptors (Lipinski definition) is 5. The first kappa shape index (κ1) is 20.3. The maximum Gasteiger partial charge on any atom is 0.227 e. The van der Waals surface area contributed by atoms with Crippen LogP contribution in [0.25, 0.3) is 22.5 Å². The van der Waals surface area contributed by atoms with Crippen molar-refractivity contribution in [3.8, 4) is 28.3 Å². The molecule has 0 aliphatic heterocycles. The Morgan fingerprint density at radius 3 is 2.29 bits per heavy atom. The van der Waals surface area contributed by atoms with Crippen molar-refractivity contribution in [1.82, 2.24) is 10.1 Å². The van der Waals surface area contributed by atoms with E-state index in [1.54, 1.807) is 0 Å². The van der Waals surface area contributed by atoms with E-state index in [2.05, 4.69) is 27.6 Å². The summed E-state index contributed by atoms with van der Waals surface area (Å²) >= 11 is 0. The third-order valence-corrected chi connectivity index (χ3v) is 4.73. The molecule has 4 aromatic rings. The van der Waals surface area contributed by atoms with Crippen molar-refractivity contribution in [3.63, 3.8) is 0 Å². The van der Waals surface area contributed by atoms with Gasteiger partial charge in [0.1, 0.15) is 5.75 Å². The number of aryl methyl sites for hydroxylation is 1. The van der Waals surface area contributed by atoms with E-state index in [9.17, 15) is 4.79 Å². The Morgan fingerprint density at radius 2 is 1.58 bits per heavy atom. The molecule has 0 fully saturated rings. The molecule has 0 aliphatic carbocycles. The molecule has 3 aromatic carbocycles. The van der Waals surface area contributed by atoms with Gasteiger partial charge in [-0.3, -0.25) is 4.79 Å². The van der Waals surface area contributed by atoms with Crippen LogP contribution in [0.15, 0.2) is 83.4 Å². The molecule has 0 unspecified atom stereocenters. The molecule has 6 nitrogen and oxygen atoms in total. The van der Waals surface area contributed by atoms with E-state index in [1.165, 1.54) is 0 Å². The average molecular weight is 413 g/mol. The van der Waals surface area contributed by atoms with Crippen molar-refractivity contribution >= 4 is 11.6 Å². The number of ether oxygens (including phenoxy) is 1. The van der Waals surface area contributed by atoms with Gasteiger partial charge in [-0.1, -0.05) is 59.8 Å². The highest BCUT2D eigenvalue weighted by Crippen LogP contribution is 2.23. The molecule has 0 spiro atoms. The fourth-order valence-corrected chi connectivity index (χ4v) is 3.16. The first-order valence-corrected chi connectivity index (χ1v) is 10.2. The van der Waals surface area contributed by atoms with Crippen LogP contribution in [0.2, 0.25) is 0 Å². The van der Waals surface area contributed by atoms with Crippen LogP contribution in [0.4, 0.5) is 5.69 Å². The van der Waals surface area contributed by atoms with Crippen molar-refractivity contribution in [2.45, 2.75) is 19.8 Å². The number of hydrogen-bond donors (Lipinski definition) is 1. The maximum atomic E-state index is 12.2. The Bertz CT molecular complexity index is 1120. The van der Waals surface area contributed by atoms with Crippen LogP contribution in [0.3, 0.4) is 0 Å². The highest BCUT2D eigenvalue weighted by molar-refractivity contribution is 5.90. The quantitative estimate of drug-likeness (QED) is 0.420. The summed E-state index contributed by atoms with van der Waals surface area (Å²) in [6, 6.07) is 25.4. The van der Waals surface area contributed by atoms with E-state index in [4.69, 9.17) is 9.26 Å². The summed E-state index contributed by atoms with van der Waals surface area (Å²) in [7, 11) is 0. The molecule has 1 amide bonds. The number of anilines is 1. The standard InChI is InChI=1S/C25H23N3O3/c1-2-30-22-14-12-21(13-15-22)26-23(29)16-17-24-27-25(28-31-24)20-10-8-19(9-11-20)18-6-4-3-5-7-18/h3-15H,2,16-17H2,1H3,(H,26,29). The third-order valence-electron chi connectivity index (χ3n) is 4.73. The number of carbonyl (C=O) groups excluding carboxylic acids is 1. The van der Waals surface area contributed by atoms with Crippen molar-refractivity contribution in [2.24, 2.45) is 0 Å². The van der Waals surface area contributed by atoms with Gasteiger partial charge >= 0.3 is 0 Å². The second-order valence-corrected chi connectivity index (χ2v) is 6.96. The molecule has 1 aromatic heterocycles. The van der Waals surface area contributed by atoms with Crippen molar-refractivity contribution in [2.75, 3.05) is 11.9 Å². The SMILES string of the molecule is CCOc1ccc(NC(=O)CCc2nc(-c3ccc(-c4ccccc4)cc3)no2)cc1. The zero-order valence-corrected chi connectivity index (χ0v) is 17.2. The third kappa shape index (κ3) is 5.36. The van der Waals surface area contributed by atoms with Crippen molar-refractivity contribution in [3.05, 3.63) is 84.8 Å². The minimum Gasteiger partial charge on any atom is -0.494 e. The molecule has 4 rings (SSSR count). The smallest absolute Gasteiger partial charge is 0.227 e. The van der Waals surface area contributed by atoms with Gasteiger partial charge in [-0.25, -0.2) is 0 Å². The molecule has 0 bridgehead atoms. The number of rotatable bonds is 8. The number of nitrogens with zero attached hydrogens (tertiary/aromatic N) is 2. The summed E-state index contributed by atoms with van der Waals surface area (Å²) in [5, 5.41) is 6.90. The van der Waals surface area contributed by atoms with Crippen LogP contribution in [0.1, 0.15) is 19.2 Å². The molecule has 0 saturated heterocycles. The second-order valence-electron chi connectivity index (χ2n) is 6.96.